The van der Waals surface area contributed by atoms with Crippen molar-refractivity contribution in [3.63, 3.8) is 0 Å². The first-order chi connectivity index (χ1) is 12.4. The van der Waals surface area contributed by atoms with Gasteiger partial charge in [-0.15, -0.1) is 47.1 Å². The molecule has 0 fully saturated rings. The van der Waals surface area contributed by atoms with Crippen LogP contribution in [0, 0.1) is 0 Å². The zero-order valence-electron chi connectivity index (χ0n) is 15.5. The Morgan fingerprint density at radius 3 is 2.48 bits per heavy atom. The minimum Gasteiger partial charge on any atom is -0.356 e. The third-order valence-corrected chi connectivity index (χ3v) is 7.81. The highest BCUT2D eigenvalue weighted by Gasteiger charge is 2.19. The average molecular weight is 541 g/mol. The molecule has 0 saturated carbocycles. The number of aliphatic imine (C=N–C) groups is 1. The number of thiophene rings is 1. The lowest BCUT2D eigenvalue weighted by atomic mass is 10.4. The van der Waals surface area contributed by atoms with Gasteiger partial charge in [-0.05, 0) is 24.3 Å². The number of thioether (sulfide) groups is 1. The zero-order chi connectivity index (χ0) is 19.0. The predicted octanol–water partition coefficient (Wildman–Crippen LogP) is 3.07. The lowest BCUT2D eigenvalue weighted by Crippen LogP contribution is -2.37. The van der Waals surface area contributed by atoms with Gasteiger partial charge in [0.25, 0.3) is 10.0 Å². The first-order valence-electron chi connectivity index (χ1n) is 8.07. The second-order valence-corrected chi connectivity index (χ2v) is 10.2. The molecule has 0 amide bonds. The fourth-order valence-electron chi connectivity index (χ4n) is 2.02. The Bertz CT molecular complexity index is 824. The molecule has 150 valence electrons. The lowest BCUT2D eigenvalue weighted by molar-refractivity contribution is 0.523. The second-order valence-electron chi connectivity index (χ2n) is 5.52. The molecule has 1 aromatic heterocycles. The van der Waals surface area contributed by atoms with Crippen LogP contribution in [0.25, 0.3) is 0 Å². The van der Waals surface area contributed by atoms with Gasteiger partial charge in [0.2, 0.25) is 0 Å². The molecular formula is C17H25IN4O2S3. The van der Waals surface area contributed by atoms with Crippen molar-refractivity contribution in [1.82, 2.24) is 14.9 Å². The van der Waals surface area contributed by atoms with Crippen molar-refractivity contribution >= 4 is 63.1 Å². The molecule has 2 aromatic rings. The van der Waals surface area contributed by atoms with Gasteiger partial charge in [0.05, 0.1) is 6.54 Å². The van der Waals surface area contributed by atoms with Crippen LogP contribution in [0.2, 0.25) is 0 Å². The Hall–Kier alpha value is -0.820. The standard InChI is InChI=1S/C17H24N4O2S3.HI/c1-18-17(19-11-12-24-14-7-5-4-6-8-14)20-13-15-9-10-16(25-15)26(22,23)21(2)3;/h4-10H,11-13H2,1-3H3,(H2,18,19,20);1H. The summed E-state index contributed by atoms with van der Waals surface area (Å²) in [5, 5.41) is 6.47. The van der Waals surface area contributed by atoms with Crippen LogP contribution in [-0.2, 0) is 16.6 Å². The van der Waals surface area contributed by atoms with Crippen LogP contribution in [0.4, 0.5) is 0 Å². The van der Waals surface area contributed by atoms with Crippen LogP contribution in [0.3, 0.4) is 0 Å². The normalized spacial score (nSPS) is 11.9. The Balaban J connectivity index is 0.00000364. The van der Waals surface area contributed by atoms with Crippen molar-refractivity contribution in [3.8, 4) is 0 Å². The average Bonchev–Trinajstić information content (AvgIpc) is 3.11. The second kappa shape index (κ2) is 11.9. The first kappa shape index (κ1) is 24.2. The van der Waals surface area contributed by atoms with Gasteiger partial charge >= 0.3 is 0 Å². The Morgan fingerprint density at radius 2 is 1.85 bits per heavy atom. The van der Waals surface area contributed by atoms with E-state index in [9.17, 15) is 8.42 Å². The minimum atomic E-state index is -3.37. The van der Waals surface area contributed by atoms with Gasteiger partial charge in [-0.1, -0.05) is 18.2 Å². The first-order valence-corrected chi connectivity index (χ1v) is 11.3. The van der Waals surface area contributed by atoms with Gasteiger partial charge in [-0.2, -0.15) is 0 Å². The molecule has 0 bridgehead atoms. The van der Waals surface area contributed by atoms with Gasteiger partial charge in [0.15, 0.2) is 5.96 Å². The summed E-state index contributed by atoms with van der Waals surface area (Å²) in [5.74, 6) is 1.62. The molecule has 10 heteroatoms. The molecule has 1 aromatic carbocycles. The van der Waals surface area contributed by atoms with Crippen molar-refractivity contribution in [1.29, 1.82) is 0 Å². The molecule has 0 aliphatic heterocycles. The third-order valence-electron chi connectivity index (χ3n) is 3.43. The largest absolute Gasteiger partial charge is 0.356 e. The van der Waals surface area contributed by atoms with E-state index in [-0.39, 0.29) is 24.0 Å². The number of hydrogen-bond acceptors (Lipinski definition) is 5. The molecule has 6 nitrogen and oxygen atoms in total. The summed E-state index contributed by atoms with van der Waals surface area (Å²) in [6.07, 6.45) is 0. The number of rotatable bonds is 8. The summed E-state index contributed by atoms with van der Waals surface area (Å²) in [6.45, 7) is 1.31. The lowest BCUT2D eigenvalue weighted by Gasteiger charge is -2.11. The van der Waals surface area contributed by atoms with Gasteiger partial charge in [0, 0.05) is 43.2 Å². The van der Waals surface area contributed by atoms with E-state index in [4.69, 9.17) is 0 Å². The van der Waals surface area contributed by atoms with Crippen LogP contribution in [0.15, 0.2) is 56.6 Å². The van der Waals surface area contributed by atoms with E-state index >= 15 is 0 Å². The Morgan fingerprint density at radius 1 is 1.15 bits per heavy atom. The van der Waals surface area contributed by atoms with Crippen LogP contribution < -0.4 is 10.6 Å². The number of hydrogen-bond donors (Lipinski definition) is 2. The number of benzene rings is 1. The van der Waals surface area contributed by atoms with Crippen LogP contribution in [0.1, 0.15) is 4.88 Å². The van der Waals surface area contributed by atoms with Crippen molar-refractivity contribution in [2.24, 2.45) is 4.99 Å². The summed E-state index contributed by atoms with van der Waals surface area (Å²) in [4.78, 5) is 6.37. The molecule has 0 aliphatic rings. The molecular weight excluding hydrogens is 515 g/mol. The summed E-state index contributed by atoms with van der Waals surface area (Å²) in [6, 6.07) is 13.7. The number of halogens is 1. The molecule has 2 rings (SSSR count). The van der Waals surface area contributed by atoms with E-state index in [2.05, 4.69) is 27.8 Å². The van der Waals surface area contributed by atoms with E-state index in [0.717, 1.165) is 17.2 Å². The third kappa shape index (κ3) is 7.60. The van der Waals surface area contributed by atoms with E-state index in [0.29, 0.717) is 16.7 Å². The van der Waals surface area contributed by atoms with Crippen LogP contribution in [0.5, 0.6) is 0 Å². The van der Waals surface area contributed by atoms with Gasteiger partial charge < -0.3 is 10.6 Å². The fraction of sp³-hybridized carbons (Fsp3) is 0.353. The summed E-state index contributed by atoms with van der Waals surface area (Å²) < 4.78 is 25.8. The van der Waals surface area contributed by atoms with Crippen LogP contribution >= 0.6 is 47.1 Å². The minimum absolute atomic E-state index is 0. The number of sulfonamides is 1. The highest BCUT2D eigenvalue weighted by atomic mass is 127. The highest BCUT2D eigenvalue weighted by Crippen LogP contribution is 2.23. The zero-order valence-corrected chi connectivity index (χ0v) is 20.3. The molecule has 2 N–H and O–H groups in total. The topological polar surface area (TPSA) is 73.8 Å². The van der Waals surface area contributed by atoms with E-state index in [1.807, 2.05) is 24.3 Å². The Kier molecular flexibility index (Phi) is 10.7. The maximum Gasteiger partial charge on any atom is 0.252 e. The number of nitrogens with one attached hydrogen (secondary N) is 2. The molecule has 1 heterocycles. The van der Waals surface area contributed by atoms with Gasteiger partial charge in [-0.3, -0.25) is 4.99 Å². The number of guanidine groups is 1. The monoisotopic (exact) mass is 540 g/mol. The molecule has 27 heavy (non-hydrogen) atoms. The fourth-order valence-corrected chi connectivity index (χ4v) is 5.27. The van der Waals surface area contributed by atoms with E-state index in [1.165, 1.54) is 34.6 Å². The SMILES string of the molecule is CN=C(NCCSc1ccccc1)NCc1ccc(S(=O)(=O)N(C)C)s1.I. The quantitative estimate of drug-likeness (QED) is 0.177. The van der Waals surface area contributed by atoms with Crippen molar-refractivity contribution in [3.05, 3.63) is 47.3 Å². The van der Waals surface area contributed by atoms with E-state index in [1.54, 1.807) is 24.9 Å². The highest BCUT2D eigenvalue weighted by molar-refractivity contribution is 14.0. The predicted molar refractivity (Wildman–Crippen MR) is 126 cm³/mol. The van der Waals surface area contributed by atoms with Gasteiger partial charge in [-0.25, -0.2) is 12.7 Å². The summed E-state index contributed by atoms with van der Waals surface area (Å²) >= 11 is 3.05. The number of nitrogens with zero attached hydrogens (tertiary/aromatic N) is 2. The molecule has 0 aliphatic carbocycles. The summed E-state index contributed by atoms with van der Waals surface area (Å²) in [7, 11) is 1.42. The van der Waals surface area contributed by atoms with Crippen molar-refractivity contribution < 1.29 is 8.42 Å². The summed E-state index contributed by atoms with van der Waals surface area (Å²) in [5.41, 5.74) is 0. The Labute approximate surface area is 186 Å². The maximum atomic E-state index is 12.1. The van der Waals surface area contributed by atoms with Gasteiger partial charge in [0.1, 0.15) is 4.21 Å². The molecule has 0 atom stereocenters. The maximum absolute atomic E-state index is 12.1. The molecule has 0 unspecified atom stereocenters. The molecule has 0 radical (unpaired) electrons. The smallest absolute Gasteiger partial charge is 0.252 e. The van der Waals surface area contributed by atoms with Crippen molar-refractivity contribution in [2.75, 3.05) is 33.4 Å². The van der Waals surface area contributed by atoms with Crippen LogP contribution in [-0.4, -0.2) is 52.1 Å². The molecule has 0 saturated heterocycles. The van der Waals surface area contributed by atoms with Crippen molar-refractivity contribution in [2.45, 2.75) is 15.6 Å². The van der Waals surface area contributed by atoms with E-state index < -0.39 is 10.0 Å². The molecule has 0 spiro atoms.